The van der Waals surface area contributed by atoms with Gasteiger partial charge in [-0.25, -0.2) is 0 Å². The van der Waals surface area contributed by atoms with Crippen LogP contribution in [0.5, 0.6) is 0 Å². The molecule has 0 aromatic carbocycles. The quantitative estimate of drug-likeness (QED) is 0.588. The lowest BCUT2D eigenvalue weighted by Crippen LogP contribution is -2.20. The molecule has 0 aromatic heterocycles. The molecule has 0 aliphatic carbocycles. The normalized spacial score (nSPS) is 16.1. The lowest BCUT2D eigenvalue weighted by molar-refractivity contribution is 0.330. The molecule has 1 nitrogen and oxygen atoms in total. The first-order valence-corrected chi connectivity index (χ1v) is 5.19. The van der Waals surface area contributed by atoms with E-state index in [9.17, 15) is 0 Å². The molecule has 0 saturated heterocycles. The monoisotopic (exact) mass is 187 g/mol. The molecule has 0 spiro atoms. The van der Waals surface area contributed by atoms with E-state index >= 15 is 0 Å². The van der Waals surface area contributed by atoms with E-state index in [1.165, 1.54) is 19.4 Å². The van der Waals surface area contributed by atoms with Crippen molar-refractivity contribution in [3.05, 3.63) is 0 Å². The predicted molar refractivity (Wildman–Crippen MR) is 59.8 cm³/mol. The SMILES string of the molecule is CCC(C=S)C(C)CCN(C)C. The number of rotatable bonds is 6. The smallest absolute Gasteiger partial charge is 0.00221 e. The van der Waals surface area contributed by atoms with Crippen LogP contribution in [-0.2, 0) is 0 Å². The molecule has 72 valence electrons. The van der Waals surface area contributed by atoms with Gasteiger partial charge in [0.05, 0.1) is 0 Å². The van der Waals surface area contributed by atoms with E-state index in [0.717, 1.165) is 5.92 Å². The molecule has 0 saturated carbocycles. The van der Waals surface area contributed by atoms with E-state index in [4.69, 9.17) is 12.2 Å². The Morgan fingerprint density at radius 1 is 1.42 bits per heavy atom. The summed E-state index contributed by atoms with van der Waals surface area (Å²) in [6, 6.07) is 0. The van der Waals surface area contributed by atoms with Gasteiger partial charge in [0.1, 0.15) is 0 Å². The first kappa shape index (κ1) is 12.0. The molecule has 0 bridgehead atoms. The first-order valence-electron chi connectivity index (χ1n) is 4.71. The van der Waals surface area contributed by atoms with Crippen molar-refractivity contribution < 1.29 is 0 Å². The van der Waals surface area contributed by atoms with Gasteiger partial charge in [0.2, 0.25) is 0 Å². The molecule has 2 atom stereocenters. The van der Waals surface area contributed by atoms with Crippen LogP contribution >= 0.6 is 12.2 Å². The van der Waals surface area contributed by atoms with Crippen molar-refractivity contribution in [2.24, 2.45) is 11.8 Å². The second kappa shape index (κ2) is 6.55. The second-order valence-corrected chi connectivity index (χ2v) is 4.05. The van der Waals surface area contributed by atoms with E-state index in [-0.39, 0.29) is 0 Å². The summed E-state index contributed by atoms with van der Waals surface area (Å²) in [5, 5.41) is 1.93. The summed E-state index contributed by atoms with van der Waals surface area (Å²) in [5.41, 5.74) is 0. The van der Waals surface area contributed by atoms with Gasteiger partial charge in [-0.05, 0) is 50.7 Å². The number of hydrogen-bond donors (Lipinski definition) is 0. The molecule has 0 aromatic rings. The maximum atomic E-state index is 4.99. The van der Waals surface area contributed by atoms with Crippen molar-refractivity contribution >= 4 is 17.6 Å². The van der Waals surface area contributed by atoms with Gasteiger partial charge in [0.25, 0.3) is 0 Å². The fraction of sp³-hybridized carbons (Fsp3) is 0.900. The summed E-state index contributed by atoms with van der Waals surface area (Å²) in [7, 11) is 4.23. The fourth-order valence-electron chi connectivity index (χ4n) is 1.31. The van der Waals surface area contributed by atoms with Gasteiger partial charge >= 0.3 is 0 Å². The zero-order valence-corrected chi connectivity index (χ0v) is 9.53. The van der Waals surface area contributed by atoms with Crippen molar-refractivity contribution in [1.82, 2.24) is 4.90 Å². The molecule has 2 heteroatoms. The minimum absolute atomic E-state index is 0.625. The molecule has 0 radical (unpaired) electrons. The Labute approximate surface area is 82.1 Å². The Hall–Kier alpha value is 0.0500. The Bertz CT molecular complexity index is 123. The average Bonchev–Trinajstić information content (AvgIpc) is 2.03. The zero-order chi connectivity index (χ0) is 9.56. The summed E-state index contributed by atoms with van der Waals surface area (Å²) >= 11 is 4.99. The topological polar surface area (TPSA) is 3.24 Å². The van der Waals surface area contributed by atoms with E-state index in [1.54, 1.807) is 0 Å². The fourth-order valence-corrected chi connectivity index (χ4v) is 1.77. The maximum Gasteiger partial charge on any atom is -0.00221 e. The molecule has 0 amide bonds. The largest absolute Gasteiger partial charge is 0.309 e. The summed E-state index contributed by atoms with van der Waals surface area (Å²) < 4.78 is 0. The first-order chi connectivity index (χ1) is 5.61. The third kappa shape index (κ3) is 4.83. The lowest BCUT2D eigenvalue weighted by atomic mass is 9.91. The molecular weight excluding hydrogens is 166 g/mol. The Morgan fingerprint density at radius 2 is 2.00 bits per heavy atom. The maximum absolute atomic E-state index is 4.99. The standard InChI is InChI=1S/C10H21NS/c1-5-10(8-12)9(2)6-7-11(3)4/h8-10H,5-7H2,1-4H3. The Morgan fingerprint density at radius 3 is 2.33 bits per heavy atom. The van der Waals surface area contributed by atoms with Gasteiger partial charge < -0.3 is 4.90 Å². The summed E-state index contributed by atoms with van der Waals surface area (Å²) in [6.45, 7) is 5.67. The highest BCUT2D eigenvalue weighted by molar-refractivity contribution is 7.79. The van der Waals surface area contributed by atoms with E-state index in [2.05, 4.69) is 32.8 Å². The molecule has 0 N–H and O–H groups in total. The number of hydrogen-bond acceptors (Lipinski definition) is 2. The van der Waals surface area contributed by atoms with Crippen molar-refractivity contribution in [3.63, 3.8) is 0 Å². The van der Waals surface area contributed by atoms with Crippen LogP contribution < -0.4 is 0 Å². The predicted octanol–water partition coefficient (Wildman–Crippen LogP) is 2.60. The van der Waals surface area contributed by atoms with Gasteiger partial charge in [-0.15, -0.1) is 0 Å². The molecule has 12 heavy (non-hydrogen) atoms. The molecule has 2 unspecified atom stereocenters. The van der Waals surface area contributed by atoms with Crippen LogP contribution in [0.15, 0.2) is 0 Å². The van der Waals surface area contributed by atoms with Gasteiger partial charge in [-0.1, -0.05) is 26.1 Å². The van der Waals surface area contributed by atoms with Crippen molar-refractivity contribution in [1.29, 1.82) is 0 Å². The van der Waals surface area contributed by atoms with Crippen LogP contribution in [0.25, 0.3) is 0 Å². The van der Waals surface area contributed by atoms with Crippen LogP contribution in [0.1, 0.15) is 26.7 Å². The number of thiocarbonyl (C=S) groups is 1. The summed E-state index contributed by atoms with van der Waals surface area (Å²) in [6.07, 6.45) is 2.43. The third-order valence-electron chi connectivity index (χ3n) is 2.41. The van der Waals surface area contributed by atoms with Crippen LogP contribution in [-0.4, -0.2) is 30.9 Å². The Balaban J connectivity index is 3.68. The minimum Gasteiger partial charge on any atom is -0.309 e. The van der Waals surface area contributed by atoms with Gasteiger partial charge in [-0.3, -0.25) is 0 Å². The summed E-state index contributed by atoms with van der Waals surface area (Å²) in [4.78, 5) is 2.23. The van der Waals surface area contributed by atoms with Gasteiger partial charge in [-0.2, -0.15) is 0 Å². The minimum atomic E-state index is 0.625. The highest BCUT2D eigenvalue weighted by atomic mass is 32.1. The average molecular weight is 187 g/mol. The molecule has 0 aliphatic heterocycles. The zero-order valence-electron chi connectivity index (χ0n) is 8.71. The lowest BCUT2D eigenvalue weighted by Gasteiger charge is -2.20. The van der Waals surface area contributed by atoms with Crippen molar-refractivity contribution in [3.8, 4) is 0 Å². The molecule has 0 rings (SSSR count). The molecular formula is C10H21NS. The molecule has 0 fully saturated rings. The van der Waals surface area contributed by atoms with Crippen molar-refractivity contribution in [2.45, 2.75) is 26.7 Å². The van der Waals surface area contributed by atoms with Crippen LogP contribution in [0.2, 0.25) is 0 Å². The summed E-state index contributed by atoms with van der Waals surface area (Å²) in [5.74, 6) is 1.36. The second-order valence-electron chi connectivity index (χ2n) is 3.78. The van der Waals surface area contributed by atoms with E-state index in [0.29, 0.717) is 5.92 Å². The van der Waals surface area contributed by atoms with E-state index in [1.807, 2.05) is 5.37 Å². The van der Waals surface area contributed by atoms with Crippen LogP contribution in [0.3, 0.4) is 0 Å². The highest BCUT2D eigenvalue weighted by Gasteiger charge is 2.12. The molecule has 0 heterocycles. The third-order valence-corrected chi connectivity index (χ3v) is 2.76. The van der Waals surface area contributed by atoms with Crippen LogP contribution in [0, 0.1) is 11.8 Å². The Kier molecular flexibility index (Phi) is 6.58. The van der Waals surface area contributed by atoms with Gasteiger partial charge in [0.15, 0.2) is 0 Å². The highest BCUT2D eigenvalue weighted by Crippen LogP contribution is 2.17. The number of nitrogens with zero attached hydrogens (tertiary/aromatic N) is 1. The van der Waals surface area contributed by atoms with Crippen molar-refractivity contribution in [2.75, 3.05) is 20.6 Å². The molecule has 0 aliphatic rings. The van der Waals surface area contributed by atoms with Crippen LogP contribution in [0.4, 0.5) is 0 Å². The van der Waals surface area contributed by atoms with Gasteiger partial charge in [0, 0.05) is 0 Å². The van der Waals surface area contributed by atoms with E-state index < -0.39 is 0 Å².